The molecule has 0 unspecified atom stereocenters. The Hall–Kier alpha value is -4.10. The highest BCUT2D eigenvalue weighted by atomic mass is 19.1. The molecular weight excluding hydrogens is 511 g/mol. The van der Waals surface area contributed by atoms with E-state index in [1.807, 2.05) is 6.92 Å². The van der Waals surface area contributed by atoms with Gasteiger partial charge < -0.3 is 29.8 Å². The number of benzene rings is 1. The van der Waals surface area contributed by atoms with E-state index < -0.39 is 23.6 Å². The van der Waals surface area contributed by atoms with Gasteiger partial charge in [0.15, 0.2) is 18.2 Å². The van der Waals surface area contributed by atoms with Crippen molar-refractivity contribution in [3.63, 3.8) is 0 Å². The largest absolute Gasteiger partial charge is 0.480 e. The molecule has 13 heteroatoms. The highest BCUT2D eigenvalue weighted by molar-refractivity contribution is 5.94. The first kappa shape index (κ1) is 26.5. The lowest BCUT2D eigenvalue weighted by molar-refractivity contribution is -0.118. The quantitative estimate of drug-likeness (QED) is 0.352. The third-order valence-corrected chi connectivity index (χ3v) is 6.93. The Kier molecular flexibility index (Phi) is 7.70. The van der Waals surface area contributed by atoms with Gasteiger partial charge in [-0.05, 0) is 49.1 Å². The van der Waals surface area contributed by atoms with Crippen LogP contribution in [0.2, 0.25) is 0 Å². The topological polar surface area (TPSA) is 157 Å². The van der Waals surface area contributed by atoms with E-state index in [4.69, 9.17) is 9.47 Å². The van der Waals surface area contributed by atoms with Crippen LogP contribution >= 0.6 is 0 Å². The summed E-state index contributed by atoms with van der Waals surface area (Å²) in [6.07, 6.45) is 1.36. The number of aliphatic hydroxyl groups is 1. The highest BCUT2D eigenvalue weighted by Gasteiger charge is 2.31. The number of nitrogens with zero attached hydrogens (tertiary/aromatic N) is 3. The van der Waals surface area contributed by atoms with Crippen LogP contribution in [0.4, 0.5) is 20.8 Å². The lowest BCUT2D eigenvalue weighted by Gasteiger charge is -2.34. The van der Waals surface area contributed by atoms with Gasteiger partial charge >= 0.3 is 6.09 Å². The molecule has 1 aliphatic carbocycles. The number of aliphatic hydroxyl groups excluding tert-OH is 1. The summed E-state index contributed by atoms with van der Waals surface area (Å²) in [6, 6.07) is 7.11. The standard InChI is InChI=1S/C26H29FN6O6/c1-14-2-4-16(28-10-17(34)12-33-19-8-15(27)3-5-18(19)29-11-24(33)36)9-21(14)39-26(37)31-22-7-6-20-25(30-22)32-23(35)13-38-20/h3,5-8,11,14,16-17,21,28,34H,2,4,9-10,12-13H2,1H3,(H2,30,31,32,35,37)/t14-,16-,17-,21-/m0/s1. The second-order valence-electron chi connectivity index (χ2n) is 9.84. The number of carbonyl (C=O) groups excluding carboxylic acids is 2. The van der Waals surface area contributed by atoms with Crippen molar-refractivity contribution in [2.45, 2.75) is 51.0 Å². The molecule has 5 rings (SSSR count). The SMILES string of the molecule is C[C@H]1CC[C@H](NC[C@H](O)Cn2c(=O)cnc3ccc(F)cc32)C[C@@H]1OC(=O)Nc1ccc2c(n1)NC(=O)CO2. The number of rotatable bonds is 7. The summed E-state index contributed by atoms with van der Waals surface area (Å²) in [5.41, 5.74) is 0.344. The van der Waals surface area contributed by atoms with E-state index in [-0.39, 0.29) is 55.3 Å². The van der Waals surface area contributed by atoms with Crippen molar-refractivity contribution in [1.82, 2.24) is 19.9 Å². The average Bonchev–Trinajstić information content (AvgIpc) is 2.90. The first-order valence-corrected chi connectivity index (χ1v) is 12.7. The van der Waals surface area contributed by atoms with Crippen molar-refractivity contribution < 1.29 is 28.6 Å². The number of ether oxygens (including phenoxy) is 2. The second kappa shape index (κ2) is 11.3. The van der Waals surface area contributed by atoms with Crippen LogP contribution in [0.3, 0.4) is 0 Å². The van der Waals surface area contributed by atoms with Gasteiger partial charge in [-0.15, -0.1) is 0 Å². The molecule has 4 N–H and O–H groups in total. The van der Waals surface area contributed by atoms with Gasteiger partial charge in [-0.25, -0.2) is 19.2 Å². The first-order valence-electron chi connectivity index (χ1n) is 12.7. The van der Waals surface area contributed by atoms with E-state index in [0.29, 0.717) is 23.2 Å². The highest BCUT2D eigenvalue weighted by Crippen LogP contribution is 2.29. The Morgan fingerprint density at radius 2 is 2.15 bits per heavy atom. The van der Waals surface area contributed by atoms with Crippen molar-refractivity contribution >= 4 is 34.7 Å². The van der Waals surface area contributed by atoms with Crippen LogP contribution in [-0.4, -0.2) is 63.0 Å². The van der Waals surface area contributed by atoms with Crippen LogP contribution < -0.4 is 26.2 Å². The Labute approximate surface area is 222 Å². The van der Waals surface area contributed by atoms with E-state index >= 15 is 0 Å². The molecule has 0 bridgehead atoms. The van der Waals surface area contributed by atoms with Gasteiger partial charge in [-0.2, -0.15) is 0 Å². The number of aromatic nitrogens is 3. The molecule has 3 aromatic rings. The fraction of sp³-hybridized carbons (Fsp3) is 0.423. The van der Waals surface area contributed by atoms with Crippen molar-refractivity contribution in [3.8, 4) is 5.75 Å². The van der Waals surface area contributed by atoms with E-state index in [9.17, 15) is 23.9 Å². The van der Waals surface area contributed by atoms with Crippen LogP contribution in [0.25, 0.3) is 11.0 Å². The van der Waals surface area contributed by atoms with Crippen LogP contribution in [0.1, 0.15) is 26.2 Å². The molecule has 1 fully saturated rings. The molecule has 1 aromatic carbocycles. The second-order valence-corrected chi connectivity index (χ2v) is 9.84. The summed E-state index contributed by atoms with van der Waals surface area (Å²) >= 11 is 0. The molecule has 2 aromatic heterocycles. The summed E-state index contributed by atoms with van der Waals surface area (Å²) in [5, 5.41) is 19.1. The smallest absolute Gasteiger partial charge is 0.413 e. The fourth-order valence-electron chi connectivity index (χ4n) is 4.84. The van der Waals surface area contributed by atoms with Crippen LogP contribution in [0.5, 0.6) is 5.75 Å². The van der Waals surface area contributed by atoms with Crippen LogP contribution in [-0.2, 0) is 16.1 Å². The summed E-state index contributed by atoms with van der Waals surface area (Å²) in [6.45, 7) is 2.08. The summed E-state index contributed by atoms with van der Waals surface area (Å²) < 4.78 is 26.0. The fourth-order valence-corrected chi connectivity index (χ4v) is 4.84. The third-order valence-electron chi connectivity index (χ3n) is 6.93. The number of fused-ring (bicyclic) bond motifs is 2. The molecule has 2 amide bonds. The van der Waals surface area contributed by atoms with Crippen molar-refractivity contribution in [2.24, 2.45) is 5.92 Å². The minimum absolute atomic E-state index is 0.0220. The van der Waals surface area contributed by atoms with Gasteiger partial charge in [0.25, 0.3) is 11.5 Å². The number of nitrogens with one attached hydrogen (secondary N) is 3. The van der Waals surface area contributed by atoms with Crippen LogP contribution in [0, 0.1) is 11.7 Å². The Bertz CT molecular complexity index is 1450. The van der Waals surface area contributed by atoms with Gasteiger partial charge in [0.05, 0.1) is 29.9 Å². The van der Waals surface area contributed by atoms with Crippen LogP contribution in [0.15, 0.2) is 41.3 Å². The van der Waals surface area contributed by atoms with Crippen molar-refractivity contribution in [3.05, 3.63) is 52.7 Å². The first-order chi connectivity index (χ1) is 18.7. The summed E-state index contributed by atoms with van der Waals surface area (Å²) in [4.78, 5) is 44.7. The molecule has 12 nitrogen and oxygen atoms in total. The predicted molar refractivity (Wildman–Crippen MR) is 139 cm³/mol. The maximum absolute atomic E-state index is 13.8. The minimum Gasteiger partial charge on any atom is -0.480 e. The number of carbonyl (C=O) groups is 2. The Balaban J connectivity index is 1.14. The molecule has 0 radical (unpaired) electrons. The number of amides is 2. The monoisotopic (exact) mass is 540 g/mol. The number of hydrogen-bond donors (Lipinski definition) is 4. The van der Waals surface area contributed by atoms with E-state index in [1.54, 1.807) is 12.1 Å². The zero-order chi connectivity index (χ0) is 27.5. The number of anilines is 2. The molecule has 4 atom stereocenters. The third kappa shape index (κ3) is 6.32. The molecule has 206 valence electrons. The lowest BCUT2D eigenvalue weighted by atomic mass is 9.84. The molecular formula is C26H29FN6O6. The van der Waals surface area contributed by atoms with Gasteiger partial charge in [0, 0.05) is 19.0 Å². The number of pyridine rings is 1. The Morgan fingerprint density at radius 3 is 3.00 bits per heavy atom. The number of halogens is 1. The molecule has 2 aliphatic rings. The average molecular weight is 541 g/mol. The maximum atomic E-state index is 13.8. The zero-order valence-corrected chi connectivity index (χ0v) is 21.2. The molecule has 1 saturated carbocycles. The maximum Gasteiger partial charge on any atom is 0.413 e. The van der Waals surface area contributed by atoms with Gasteiger partial charge in [-0.1, -0.05) is 6.92 Å². The Morgan fingerprint density at radius 1 is 1.31 bits per heavy atom. The molecule has 0 saturated heterocycles. The molecule has 39 heavy (non-hydrogen) atoms. The summed E-state index contributed by atoms with van der Waals surface area (Å²) in [5.74, 6) is 0.157. The normalized spacial score (nSPS) is 21.4. The predicted octanol–water partition coefficient (Wildman–Crippen LogP) is 2.02. The molecule has 0 spiro atoms. The van der Waals surface area contributed by atoms with Gasteiger partial charge in [0.1, 0.15) is 17.7 Å². The van der Waals surface area contributed by atoms with E-state index in [0.717, 1.165) is 19.0 Å². The van der Waals surface area contributed by atoms with Crippen molar-refractivity contribution in [2.75, 3.05) is 23.8 Å². The molecule has 1 aliphatic heterocycles. The molecule has 3 heterocycles. The minimum atomic E-state index is -0.918. The van der Waals surface area contributed by atoms with E-state index in [1.165, 1.54) is 22.8 Å². The lowest BCUT2D eigenvalue weighted by Crippen LogP contribution is -2.45. The van der Waals surface area contributed by atoms with Crippen molar-refractivity contribution in [1.29, 1.82) is 0 Å². The van der Waals surface area contributed by atoms with Gasteiger partial charge in [0.2, 0.25) is 0 Å². The summed E-state index contributed by atoms with van der Waals surface area (Å²) in [7, 11) is 0. The van der Waals surface area contributed by atoms with E-state index in [2.05, 4.69) is 25.9 Å². The zero-order valence-electron chi connectivity index (χ0n) is 21.2. The van der Waals surface area contributed by atoms with Gasteiger partial charge in [-0.3, -0.25) is 14.9 Å². The number of hydrogen-bond acceptors (Lipinski definition) is 9.